The summed E-state index contributed by atoms with van der Waals surface area (Å²) in [5.74, 6) is -0.0989. The van der Waals surface area contributed by atoms with E-state index in [9.17, 15) is 9.36 Å². The van der Waals surface area contributed by atoms with Gasteiger partial charge in [-0.2, -0.15) is 0 Å². The fourth-order valence-electron chi connectivity index (χ4n) is 1.07. The van der Waals surface area contributed by atoms with Gasteiger partial charge in [0.15, 0.2) is 0 Å². The highest BCUT2D eigenvalue weighted by atomic mass is 31.2. The van der Waals surface area contributed by atoms with E-state index in [-0.39, 0.29) is 11.9 Å². The Kier molecular flexibility index (Phi) is 7.88. The third-order valence-electron chi connectivity index (χ3n) is 1.98. The van der Waals surface area contributed by atoms with Crippen LogP contribution in [0.15, 0.2) is 0 Å². The van der Waals surface area contributed by atoms with Crippen molar-refractivity contribution in [2.45, 2.75) is 19.3 Å². The van der Waals surface area contributed by atoms with E-state index in [1.807, 2.05) is 0 Å². The van der Waals surface area contributed by atoms with E-state index >= 15 is 0 Å². The monoisotopic (exact) mass is 238 g/mol. The molecule has 0 rings (SSSR count). The lowest BCUT2D eigenvalue weighted by molar-refractivity contribution is -0.117. The van der Waals surface area contributed by atoms with Gasteiger partial charge in [0.05, 0.1) is 0 Å². The summed E-state index contributed by atoms with van der Waals surface area (Å²) in [5.41, 5.74) is 0. The van der Waals surface area contributed by atoms with E-state index in [0.29, 0.717) is 13.0 Å². The van der Waals surface area contributed by atoms with Crippen LogP contribution in [0.5, 0.6) is 0 Å². The summed E-state index contributed by atoms with van der Waals surface area (Å²) < 4.78 is 25.8. The predicted molar refractivity (Wildman–Crippen MR) is 57.2 cm³/mol. The third kappa shape index (κ3) is 6.79. The van der Waals surface area contributed by atoms with Crippen LogP contribution in [0, 0.1) is 0 Å². The first-order valence-electron chi connectivity index (χ1n) is 4.79. The molecule has 0 N–H and O–H groups in total. The van der Waals surface area contributed by atoms with Crippen molar-refractivity contribution in [1.29, 1.82) is 0 Å². The minimum absolute atomic E-state index is 0.0989. The van der Waals surface area contributed by atoms with Gasteiger partial charge in [0.25, 0.3) is 0 Å². The minimum Gasteiger partial charge on any atom is -0.385 e. The molecule has 0 aliphatic heterocycles. The number of ketones is 1. The van der Waals surface area contributed by atoms with Crippen LogP contribution < -0.4 is 0 Å². The van der Waals surface area contributed by atoms with Crippen molar-refractivity contribution in [3.05, 3.63) is 0 Å². The van der Waals surface area contributed by atoms with Crippen LogP contribution in [0.4, 0.5) is 0 Å². The van der Waals surface area contributed by atoms with Gasteiger partial charge in [-0.25, -0.2) is 0 Å². The van der Waals surface area contributed by atoms with E-state index in [2.05, 4.69) is 9.05 Å². The van der Waals surface area contributed by atoms with Crippen LogP contribution in [0.3, 0.4) is 0 Å². The van der Waals surface area contributed by atoms with Crippen molar-refractivity contribution < 1.29 is 23.1 Å². The minimum atomic E-state index is -3.17. The summed E-state index contributed by atoms with van der Waals surface area (Å²) in [5, 5.41) is 0. The molecule has 0 atom stereocenters. The Labute approximate surface area is 90.6 Å². The highest BCUT2D eigenvalue weighted by Crippen LogP contribution is 2.46. The van der Waals surface area contributed by atoms with E-state index in [4.69, 9.17) is 4.74 Å². The zero-order valence-corrected chi connectivity index (χ0v) is 10.4. The summed E-state index contributed by atoms with van der Waals surface area (Å²) in [6, 6.07) is 0. The quantitative estimate of drug-likeness (QED) is 0.453. The van der Waals surface area contributed by atoms with Gasteiger partial charge in [0.2, 0.25) is 0 Å². The molecule has 0 aromatic heterocycles. The first-order valence-corrected chi connectivity index (χ1v) is 6.52. The van der Waals surface area contributed by atoms with Crippen LogP contribution in [-0.4, -0.2) is 39.9 Å². The number of hydrogen-bond acceptors (Lipinski definition) is 5. The normalized spacial score (nSPS) is 11.7. The Balaban J connectivity index is 3.78. The standard InChI is InChI=1S/C9H19O5P/c1-12-7-5-4-6-9(10)8-15(11,13-2)14-3/h4-8H2,1-3H3. The van der Waals surface area contributed by atoms with Crippen LogP contribution in [0.1, 0.15) is 19.3 Å². The second kappa shape index (κ2) is 7.99. The summed E-state index contributed by atoms with van der Waals surface area (Å²) in [6.07, 6.45) is 1.81. The second-order valence-corrected chi connectivity index (χ2v) is 5.39. The van der Waals surface area contributed by atoms with Gasteiger partial charge in [-0.3, -0.25) is 9.36 Å². The number of ether oxygens (including phenoxy) is 1. The van der Waals surface area contributed by atoms with Crippen molar-refractivity contribution in [3.63, 3.8) is 0 Å². The summed E-state index contributed by atoms with van der Waals surface area (Å²) in [4.78, 5) is 11.4. The maximum atomic E-state index is 11.6. The molecule has 0 saturated carbocycles. The molecule has 0 radical (unpaired) electrons. The van der Waals surface area contributed by atoms with Crippen LogP contribution in [-0.2, 0) is 23.1 Å². The summed E-state index contributed by atoms with van der Waals surface area (Å²) >= 11 is 0. The molecule has 15 heavy (non-hydrogen) atoms. The van der Waals surface area contributed by atoms with E-state index in [1.165, 1.54) is 14.2 Å². The SMILES string of the molecule is COCCCCC(=O)CP(=O)(OC)OC. The van der Waals surface area contributed by atoms with Gasteiger partial charge in [0.1, 0.15) is 11.9 Å². The van der Waals surface area contributed by atoms with Crippen LogP contribution >= 0.6 is 7.60 Å². The van der Waals surface area contributed by atoms with Gasteiger partial charge in [-0.1, -0.05) is 0 Å². The number of unbranched alkanes of at least 4 members (excludes halogenated alkanes) is 1. The zero-order chi connectivity index (χ0) is 11.7. The lowest BCUT2D eigenvalue weighted by Crippen LogP contribution is -2.08. The molecular weight excluding hydrogens is 219 g/mol. The Morgan fingerprint density at radius 3 is 2.20 bits per heavy atom. The molecular formula is C9H19O5P. The molecule has 0 spiro atoms. The van der Waals surface area contributed by atoms with Crippen molar-refractivity contribution in [2.24, 2.45) is 0 Å². The highest BCUT2D eigenvalue weighted by molar-refractivity contribution is 7.54. The van der Waals surface area contributed by atoms with Gasteiger partial charge < -0.3 is 13.8 Å². The number of rotatable bonds is 9. The van der Waals surface area contributed by atoms with Crippen molar-refractivity contribution in [1.82, 2.24) is 0 Å². The fraction of sp³-hybridized carbons (Fsp3) is 0.889. The van der Waals surface area contributed by atoms with Crippen molar-refractivity contribution in [2.75, 3.05) is 34.1 Å². The molecule has 90 valence electrons. The molecule has 5 nitrogen and oxygen atoms in total. The van der Waals surface area contributed by atoms with Crippen molar-refractivity contribution in [3.8, 4) is 0 Å². The molecule has 0 aromatic carbocycles. The first kappa shape index (κ1) is 14.8. The molecule has 0 heterocycles. The van der Waals surface area contributed by atoms with E-state index in [1.54, 1.807) is 7.11 Å². The van der Waals surface area contributed by atoms with Crippen LogP contribution in [0.25, 0.3) is 0 Å². The largest absolute Gasteiger partial charge is 0.385 e. The zero-order valence-electron chi connectivity index (χ0n) is 9.52. The Hall–Kier alpha value is -0.220. The van der Waals surface area contributed by atoms with Gasteiger partial charge in [0, 0.05) is 34.4 Å². The summed E-state index contributed by atoms with van der Waals surface area (Å²) in [6.45, 7) is 0.638. The Bertz CT molecular complexity index is 221. The predicted octanol–water partition coefficient (Wildman–Crippen LogP) is 1.86. The smallest absolute Gasteiger partial charge is 0.337 e. The number of Topliss-reactive ketones (excluding diaryl/α,β-unsaturated/α-hetero) is 1. The molecule has 0 fully saturated rings. The molecule has 0 aliphatic carbocycles. The summed E-state index contributed by atoms with van der Waals surface area (Å²) in [7, 11) is 1.00. The maximum absolute atomic E-state index is 11.6. The molecule has 0 amide bonds. The molecule has 0 aliphatic rings. The average molecular weight is 238 g/mol. The van der Waals surface area contributed by atoms with Gasteiger partial charge in [-0.15, -0.1) is 0 Å². The highest BCUT2D eigenvalue weighted by Gasteiger charge is 2.24. The van der Waals surface area contributed by atoms with E-state index in [0.717, 1.165) is 12.8 Å². The number of methoxy groups -OCH3 is 1. The van der Waals surface area contributed by atoms with E-state index < -0.39 is 7.60 Å². The lowest BCUT2D eigenvalue weighted by atomic mass is 10.2. The van der Waals surface area contributed by atoms with Crippen molar-refractivity contribution >= 4 is 13.4 Å². The Morgan fingerprint density at radius 1 is 1.13 bits per heavy atom. The number of carbonyl (C=O) groups excluding carboxylic acids is 1. The first-order chi connectivity index (χ1) is 7.08. The number of carbonyl (C=O) groups is 1. The molecule has 0 saturated heterocycles. The van der Waals surface area contributed by atoms with Gasteiger partial charge >= 0.3 is 7.60 Å². The third-order valence-corrected chi connectivity index (χ3v) is 3.83. The number of hydrogen-bond donors (Lipinski definition) is 0. The lowest BCUT2D eigenvalue weighted by Gasteiger charge is -2.12. The average Bonchev–Trinajstić information content (AvgIpc) is 2.24. The topological polar surface area (TPSA) is 61.8 Å². The fourth-order valence-corrected chi connectivity index (χ4v) is 2.06. The van der Waals surface area contributed by atoms with Crippen LogP contribution in [0.2, 0.25) is 0 Å². The second-order valence-electron chi connectivity index (χ2n) is 3.12. The molecule has 0 unspecified atom stereocenters. The molecule has 0 bridgehead atoms. The molecule has 6 heteroatoms. The molecule has 0 aromatic rings. The maximum Gasteiger partial charge on any atom is 0.337 e. The van der Waals surface area contributed by atoms with Gasteiger partial charge in [-0.05, 0) is 12.8 Å². The Morgan fingerprint density at radius 2 is 1.73 bits per heavy atom.